The highest BCUT2D eigenvalue weighted by molar-refractivity contribution is 9.10. The van der Waals surface area contributed by atoms with Crippen LogP contribution in [-0.4, -0.2) is 17.7 Å². The highest BCUT2D eigenvalue weighted by Crippen LogP contribution is 2.25. The van der Waals surface area contributed by atoms with Crippen molar-refractivity contribution in [1.82, 2.24) is 5.16 Å². The van der Waals surface area contributed by atoms with E-state index in [1.165, 1.54) is 0 Å². The summed E-state index contributed by atoms with van der Waals surface area (Å²) in [5, 5.41) is 6.25. The number of nitrogens with one attached hydrogen (secondary N) is 1. The van der Waals surface area contributed by atoms with Gasteiger partial charge in [-0.25, -0.2) is 0 Å². The number of carbonyl (C=O) groups excluding carboxylic acids is 1. The number of benzene rings is 1. The standard InChI is InChI=1S/C13H13BrN2O3/c1-8-3-4-11(10(14)5-8)18-7-13(17)15-12-6-9(2)19-16-12/h3-6H,7H2,1-2H3,(H,15,16,17). The third-order valence-corrected chi connectivity index (χ3v) is 2.96. The Morgan fingerprint density at radius 1 is 1.42 bits per heavy atom. The van der Waals surface area contributed by atoms with E-state index in [4.69, 9.17) is 9.26 Å². The molecule has 1 aromatic carbocycles. The molecular formula is C13H13BrN2O3. The number of aryl methyl sites for hydroxylation is 2. The zero-order chi connectivity index (χ0) is 13.8. The summed E-state index contributed by atoms with van der Waals surface area (Å²) in [5.41, 5.74) is 1.11. The molecule has 2 aromatic rings. The van der Waals surface area contributed by atoms with Crippen LogP contribution in [-0.2, 0) is 4.79 Å². The Morgan fingerprint density at radius 3 is 2.84 bits per heavy atom. The molecule has 6 heteroatoms. The summed E-state index contributed by atoms with van der Waals surface area (Å²) < 4.78 is 11.1. The van der Waals surface area contributed by atoms with Crippen LogP contribution in [0.25, 0.3) is 0 Å². The average Bonchev–Trinajstić information content (AvgIpc) is 2.73. The maximum absolute atomic E-state index is 11.6. The predicted octanol–water partition coefficient (Wildman–Crippen LogP) is 3.07. The zero-order valence-corrected chi connectivity index (χ0v) is 12.2. The first-order chi connectivity index (χ1) is 9.04. The first-order valence-corrected chi connectivity index (χ1v) is 6.46. The molecule has 1 aromatic heterocycles. The second kappa shape index (κ2) is 5.88. The fourth-order valence-electron chi connectivity index (χ4n) is 1.47. The SMILES string of the molecule is Cc1ccc(OCC(=O)Nc2cc(C)on2)c(Br)c1. The van der Waals surface area contributed by atoms with Crippen LogP contribution in [0, 0.1) is 13.8 Å². The molecule has 0 bridgehead atoms. The third-order valence-electron chi connectivity index (χ3n) is 2.34. The highest BCUT2D eigenvalue weighted by Gasteiger charge is 2.08. The van der Waals surface area contributed by atoms with E-state index in [-0.39, 0.29) is 12.5 Å². The maximum Gasteiger partial charge on any atom is 0.263 e. The third kappa shape index (κ3) is 3.82. The van der Waals surface area contributed by atoms with Crippen LogP contribution in [0.5, 0.6) is 5.75 Å². The lowest BCUT2D eigenvalue weighted by atomic mass is 10.2. The van der Waals surface area contributed by atoms with Crippen LogP contribution in [0.4, 0.5) is 5.82 Å². The monoisotopic (exact) mass is 324 g/mol. The molecule has 0 radical (unpaired) electrons. The fourth-order valence-corrected chi connectivity index (χ4v) is 2.08. The van der Waals surface area contributed by atoms with Crippen molar-refractivity contribution >= 4 is 27.7 Å². The number of rotatable bonds is 4. The second-order valence-electron chi connectivity index (χ2n) is 4.09. The van der Waals surface area contributed by atoms with Crippen LogP contribution < -0.4 is 10.1 Å². The lowest BCUT2D eigenvalue weighted by Crippen LogP contribution is -2.20. The first-order valence-electron chi connectivity index (χ1n) is 5.67. The van der Waals surface area contributed by atoms with Crippen molar-refractivity contribution in [3.05, 3.63) is 40.1 Å². The van der Waals surface area contributed by atoms with Gasteiger partial charge in [0, 0.05) is 6.07 Å². The predicted molar refractivity (Wildman–Crippen MR) is 74.2 cm³/mol. The smallest absolute Gasteiger partial charge is 0.263 e. The molecule has 19 heavy (non-hydrogen) atoms. The van der Waals surface area contributed by atoms with Gasteiger partial charge in [-0.15, -0.1) is 0 Å². The normalized spacial score (nSPS) is 10.3. The molecule has 0 saturated heterocycles. The molecule has 0 aliphatic rings. The zero-order valence-electron chi connectivity index (χ0n) is 10.6. The molecule has 0 spiro atoms. The minimum Gasteiger partial charge on any atom is -0.483 e. The molecule has 5 nitrogen and oxygen atoms in total. The number of amides is 1. The van der Waals surface area contributed by atoms with Gasteiger partial charge in [-0.05, 0) is 47.5 Å². The van der Waals surface area contributed by atoms with Gasteiger partial charge in [0.25, 0.3) is 5.91 Å². The summed E-state index contributed by atoms with van der Waals surface area (Å²) in [6, 6.07) is 7.29. The summed E-state index contributed by atoms with van der Waals surface area (Å²) in [5.74, 6) is 1.35. The molecule has 0 atom stereocenters. The van der Waals surface area contributed by atoms with E-state index < -0.39 is 0 Å². The maximum atomic E-state index is 11.6. The van der Waals surface area contributed by atoms with Crippen molar-refractivity contribution in [2.24, 2.45) is 0 Å². The molecule has 2 rings (SSSR count). The minimum absolute atomic E-state index is 0.0897. The van der Waals surface area contributed by atoms with Gasteiger partial charge in [-0.2, -0.15) is 0 Å². The Kier molecular flexibility index (Phi) is 4.21. The lowest BCUT2D eigenvalue weighted by molar-refractivity contribution is -0.118. The number of nitrogens with zero attached hydrogens (tertiary/aromatic N) is 1. The molecule has 0 unspecified atom stereocenters. The van der Waals surface area contributed by atoms with E-state index >= 15 is 0 Å². The van der Waals surface area contributed by atoms with Gasteiger partial charge in [-0.3, -0.25) is 4.79 Å². The van der Waals surface area contributed by atoms with Crippen LogP contribution in [0.3, 0.4) is 0 Å². The minimum atomic E-state index is -0.291. The van der Waals surface area contributed by atoms with Gasteiger partial charge in [0.2, 0.25) is 0 Å². The molecule has 1 N–H and O–H groups in total. The van der Waals surface area contributed by atoms with E-state index in [1.54, 1.807) is 13.0 Å². The van der Waals surface area contributed by atoms with Crippen LogP contribution >= 0.6 is 15.9 Å². The molecule has 1 amide bonds. The van der Waals surface area contributed by atoms with Gasteiger partial charge >= 0.3 is 0 Å². The number of halogens is 1. The Morgan fingerprint density at radius 2 is 2.21 bits per heavy atom. The number of hydrogen-bond donors (Lipinski definition) is 1. The number of aromatic nitrogens is 1. The van der Waals surface area contributed by atoms with E-state index in [9.17, 15) is 4.79 Å². The highest BCUT2D eigenvalue weighted by atomic mass is 79.9. The number of anilines is 1. The van der Waals surface area contributed by atoms with E-state index in [0.29, 0.717) is 17.3 Å². The van der Waals surface area contributed by atoms with Gasteiger partial charge < -0.3 is 14.6 Å². The summed E-state index contributed by atoms with van der Waals surface area (Å²) in [4.78, 5) is 11.6. The van der Waals surface area contributed by atoms with Crippen LogP contribution in [0.15, 0.2) is 33.3 Å². The number of hydrogen-bond acceptors (Lipinski definition) is 4. The summed E-state index contributed by atoms with van der Waals surface area (Å²) in [6.45, 7) is 3.64. The lowest BCUT2D eigenvalue weighted by Gasteiger charge is -2.08. The Balaban J connectivity index is 1.89. The number of ether oxygens (including phenoxy) is 1. The van der Waals surface area contributed by atoms with Crippen molar-refractivity contribution in [2.75, 3.05) is 11.9 Å². The average molecular weight is 325 g/mol. The van der Waals surface area contributed by atoms with Crippen molar-refractivity contribution in [2.45, 2.75) is 13.8 Å². The Labute approximate surface area is 119 Å². The molecule has 0 saturated carbocycles. The van der Waals surface area contributed by atoms with Crippen molar-refractivity contribution in [3.63, 3.8) is 0 Å². The summed E-state index contributed by atoms with van der Waals surface area (Å²) in [7, 11) is 0. The van der Waals surface area contributed by atoms with Gasteiger partial charge in [0.15, 0.2) is 12.4 Å². The summed E-state index contributed by atoms with van der Waals surface area (Å²) in [6.07, 6.45) is 0. The van der Waals surface area contributed by atoms with Gasteiger partial charge in [0.05, 0.1) is 4.47 Å². The van der Waals surface area contributed by atoms with Gasteiger partial charge in [-0.1, -0.05) is 11.2 Å². The van der Waals surface area contributed by atoms with Crippen LogP contribution in [0.1, 0.15) is 11.3 Å². The molecular weight excluding hydrogens is 312 g/mol. The quantitative estimate of drug-likeness (QED) is 0.938. The number of carbonyl (C=O) groups is 1. The van der Waals surface area contributed by atoms with Gasteiger partial charge in [0.1, 0.15) is 11.5 Å². The van der Waals surface area contributed by atoms with E-state index in [2.05, 4.69) is 26.4 Å². The molecule has 0 aliphatic carbocycles. The van der Waals surface area contributed by atoms with Crippen molar-refractivity contribution in [1.29, 1.82) is 0 Å². The van der Waals surface area contributed by atoms with E-state index in [1.807, 2.05) is 25.1 Å². The van der Waals surface area contributed by atoms with E-state index in [0.717, 1.165) is 10.0 Å². The molecule has 100 valence electrons. The van der Waals surface area contributed by atoms with Crippen molar-refractivity contribution < 1.29 is 14.1 Å². The van der Waals surface area contributed by atoms with Crippen molar-refractivity contribution in [3.8, 4) is 5.75 Å². The first kappa shape index (κ1) is 13.6. The van der Waals surface area contributed by atoms with Crippen LogP contribution in [0.2, 0.25) is 0 Å². The molecule has 0 fully saturated rings. The molecule has 0 aliphatic heterocycles. The topological polar surface area (TPSA) is 64.4 Å². The fraction of sp³-hybridized carbons (Fsp3) is 0.231. The summed E-state index contributed by atoms with van der Waals surface area (Å²) >= 11 is 3.38. The second-order valence-corrected chi connectivity index (χ2v) is 4.95. The molecule has 1 heterocycles. The Hall–Kier alpha value is -1.82. The largest absolute Gasteiger partial charge is 0.483 e. The Bertz CT molecular complexity index is 595.